The Morgan fingerprint density at radius 2 is 1.40 bits per heavy atom. The number of fused-ring (bicyclic) bond motifs is 2. The highest BCUT2D eigenvalue weighted by Crippen LogP contribution is 2.20. The van der Waals surface area contributed by atoms with Gasteiger partial charge >= 0.3 is 0 Å². The molecule has 4 nitrogen and oxygen atoms in total. The summed E-state index contributed by atoms with van der Waals surface area (Å²) in [4.78, 5) is 11.3. The highest BCUT2D eigenvalue weighted by atomic mass is 32.1. The molecule has 0 fully saturated rings. The van der Waals surface area contributed by atoms with Gasteiger partial charge in [0.05, 0.1) is 22.1 Å². The van der Waals surface area contributed by atoms with E-state index in [4.69, 9.17) is 12.2 Å². The number of hydrogen-bond donors (Lipinski definition) is 1. The van der Waals surface area contributed by atoms with E-state index >= 15 is 0 Å². The molecule has 1 heterocycles. The molecule has 25 heavy (non-hydrogen) atoms. The fourth-order valence-corrected chi connectivity index (χ4v) is 2.90. The number of nitrogens with one attached hydrogen (secondary N) is 1. The Labute approximate surface area is 151 Å². The molecule has 4 rings (SSSR count). The highest BCUT2D eigenvalue weighted by molar-refractivity contribution is 7.80. The summed E-state index contributed by atoms with van der Waals surface area (Å²) in [6.45, 7) is 0. The van der Waals surface area contributed by atoms with E-state index in [0.29, 0.717) is 5.11 Å². The lowest BCUT2D eigenvalue weighted by Crippen LogP contribution is -2.30. The number of aromatic nitrogens is 2. The maximum Gasteiger partial charge on any atom is 0.177 e. The Morgan fingerprint density at radius 3 is 2.12 bits per heavy atom. The van der Waals surface area contributed by atoms with Crippen LogP contribution in [0.15, 0.2) is 72.8 Å². The van der Waals surface area contributed by atoms with Crippen LogP contribution in [0.3, 0.4) is 0 Å². The van der Waals surface area contributed by atoms with Crippen molar-refractivity contribution in [2.75, 3.05) is 17.3 Å². The Balaban J connectivity index is 1.63. The molecule has 5 heteroatoms. The SMILES string of the molecule is CN(C(=S)Nc1ccc2nc3ccccc3nc2c1)c1ccccc1. The van der Waals surface area contributed by atoms with E-state index in [0.717, 1.165) is 33.4 Å². The van der Waals surface area contributed by atoms with Crippen molar-refractivity contribution in [1.29, 1.82) is 0 Å². The van der Waals surface area contributed by atoms with E-state index in [1.54, 1.807) is 0 Å². The third kappa shape index (κ3) is 3.14. The van der Waals surface area contributed by atoms with E-state index in [2.05, 4.69) is 15.3 Å². The summed E-state index contributed by atoms with van der Waals surface area (Å²) in [5, 5.41) is 3.89. The number of rotatable bonds is 2. The van der Waals surface area contributed by atoms with Gasteiger partial charge in [-0.15, -0.1) is 0 Å². The largest absolute Gasteiger partial charge is 0.332 e. The minimum atomic E-state index is 0.624. The lowest BCUT2D eigenvalue weighted by Gasteiger charge is -2.21. The molecule has 0 bridgehead atoms. The van der Waals surface area contributed by atoms with Crippen molar-refractivity contribution in [3.8, 4) is 0 Å². The van der Waals surface area contributed by atoms with E-state index in [1.165, 1.54) is 0 Å². The summed E-state index contributed by atoms with van der Waals surface area (Å²) in [6.07, 6.45) is 0. The number of nitrogens with zero attached hydrogens (tertiary/aromatic N) is 3. The topological polar surface area (TPSA) is 41.0 Å². The van der Waals surface area contributed by atoms with Crippen molar-refractivity contribution >= 4 is 50.8 Å². The summed E-state index contributed by atoms with van der Waals surface area (Å²) in [5.41, 5.74) is 5.42. The van der Waals surface area contributed by atoms with Crippen molar-refractivity contribution < 1.29 is 0 Å². The van der Waals surface area contributed by atoms with Gasteiger partial charge in [0.15, 0.2) is 5.11 Å². The van der Waals surface area contributed by atoms with E-state index in [1.807, 2.05) is 84.7 Å². The molecule has 122 valence electrons. The average molecular weight is 344 g/mol. The van der Waals surface area contributed by atoms with Crippen molar-refractivity contribution in [1.82, 2.24) is 9.97 Å². The summed E-state index contributed by atoms with van der Waals surface area (Å²) >= 11 is 5.52. The van der Waals surface area contributed by atoms with E-state index < -0.39 is 0 Å². The number of thiocarbonyl (C=S) groups is 1. The van der Waals surface area contributed by atoms with Crippen molar-refractivity contribution in [3.63, 3.8) is 0 Å². The molecular weight excluding hydrogens is 328 g/mol. The van der Waals surface area contributed by atoms with Crippen molar-refractivity contribution in [2.24, 2.45) is 0 Å². The summed E-state index contributed by atoms with van der Waals surface area (Å²) in [6, 6.07) is 23.8. The Bertz CT molecular complexity index is 1060. The quantitative estimate of drug-likeness (QED) is 0.425. The van der Waals surface area contributed by atoms with Gasteiger partial charge in [0.1, 0.15) is 0 Å². The second-order valence-electron chi connectivity index (χ2n) is 5.74. The molecule has 4 aromatic rings. The van der Waals surface area contributed by atoms with Gasteiger partial charge in [0.2, 0.25) is 0 Å². The van der Waals surface area contributed by atoms with Crippen LogP contribution in [0.2, 0.25) is 0 Å². The minimum absolute atomic E-state index is 0.624. The second-order valence-corrected chi connectivity index (χ2v) is 6.13. The number of anilines is 2. The molecule has 0 aliphatic heterocycles. The van der Waals surface area contributed by atoms with Crippen LogP contribution >= 0.6 is 12.2 Å². The zero-order valence-corrected chi connectivity index (χ0v) is 14.5. The van der Waals surface area contributed by atoms with E-state index in [9.17, 15) is 0 Å². The summed E-state index contributed by atoms with van der Waals surface area (Å²) in [5.74, 6) is 0. The molecule has 3 aromatic carbocycles. The van der Waals surface area contributed by atoms with Gasteiger partial charge in [-0.1, -0.05) is 30.3 Å². The first-order chi connectivity index (χ1) is 12.2. The van der Waals surface area contributed by atoms with Crippen LogP contribution in [0.4, 0.5) is 11.4 Å². The normalized spacial score (nSPS) is 10.8. The molecule has 0 aliphatic rings. The van der Waals surface area contributed by atoms with Crippen LogP contribution in [-0.4, -0.2) is 22.1 Å². The van der Waals surface area contributed by atoms with Gasteiger partial charge in [-0.25, -0.2) is 9.97 Å². The first-order valence-corrected chi connectivity index (χ1v) is 8.38. The van der Waals surface area contributed by atoms with Gasteiger partial charge in [-0.2, -0.15) is 0 Å². The smallest absolute Gasteiger partial charge is 0.177 e. The molecule has 0 unspecified atom stereocenters. The zero-order valence-electron chi connectivity index (χ0n) is 13.7. The first-order valence-electron chi connectivity index (χ1n) is 7.97. The zero-order chi connectivity index (χ0) is 17.2. The van der Waals surface area contributed by atoms with Crippen LogP contribution in [-0.2, 0) is 0 Å². The molecule has 1 aromatic heterocycles. The summed E-state index contributed by atoms with van der Waals surface area (Å²) in [7, 11) is 1.94. The maximum atomic E-state index is 5.52. The fourth-order valence-electron chi connectivity index (χ4n) is 2.67. The summed E-state index contributed by atoms with van der Waals surface area (Å²) < 4.78 is 0. The number of hydrogen-bond acceptors (Lipinski definition) is 3. The van der Waals surface area contributed by atoms with Gasteiger partial charge in [-0.3, -0.25) is 0 Å². The number of benzene rings is 3. The Kier molecular flexibility index (Phi) is 3.99. The van der Waals surface area contributed by atoms with E-state index in [-0.39, 0.29) is 0 Å². The van der Waals surface area contributed by atoms with Gasteiger partial charge in [0.25, 0.3) is 0 Å². The van der Waals surface area contributed by atoms with Crippen LogP contribution < -0.4 is 10.2 Å². The average Bonchev–Trinajstić information content (AvgIpc) is 2.66. The molecule has 0 radical (unpaired) electrons. The van der Waals surface area contributed by atoms with Crippen molar-refractivity contribution in [2.45, 2.75) is 0 Å². The Hall–Kier alpha value is -3.05. The predicted octanol–water partition coefficient (Wildman–Crippen LogP) is 4.62. The lowest BCUT2D eigenvalue weighted by molar-refractivity contribution is 1.28. The van der Waals surface area contributed by atoms with Gasteiger partial charge < -0.3 is 10.2 Å². The number of para-hydroxylation sites is 3. The van der Waals surface area contributed by atoms with Crippen LogP contribution in [0.5, 0.6) is 0 Å². The second kappa shape index (κ2) is 6.45. The highest BCUT2D eigenvalue weighted by Gasteiger charge is 2.08. The predicted molar refractivity (Wildman–Crippen MR) is 108 cm³/mol. The molecule has 0 aliphatic carbocycles. The van der Waals surface area contributed by atoms with Gasteiger partial charge in [-0.05, 0) is 54.7 Å². The minimum Gasteiger partial charge on any atom is -0.332 e. The van der Waals surface area contributed by atoms with Crippen LogP contribution in [0.25, 0.3) is 22.1 Å². The molecule has 0 spiro atoms. The molecule has 0 atom stereocenters. The molecule has 0 saturated carbocycles. The third-order valence-corrected chi connectivity index (χ3v) is 4.41. The molecular formula is C20H16N4S. The molecule has 0 amide bonds. The standard InChI is InChI=1S/C20H16N4S/c1-24(15-7-3-2-4-8-15)20(25)21-14-11-12-18-19(13-14)23-17-10-6-5-9-16(17)22-18/h2-13H,1H3,(H,21,25). The fraction of sp³-hybridized carbons (Fsp3) is 0.0500. The van der Waals surface area contributed by atoms with Crippen molar-refractivity contribution in [3.05, 3.63) is 72.8 Å². The third-order valence-electron chi connectivity index (χ3n) is 4.04. The monoisotopic (exact) mass is 344 g/mol. The lowest BCUT2D eigenvalue weighted by atomic mass is 10.2. The Morgan fingerprint density at radius 1 is 0.800 bits per heavy atom. The van der Waals surface area contributed by atoms with Crippen LogP contribution in [0, 0.1) is 0 Å². The molecule has 1 N–H and O–H groups in total. The maximum absolute atomic E-state index is 5.52. The molecule has 0 saturated heterocycles. The van der Waals surface area contributed by atoms with Gasteiger partial charge in [0, 0.05) is 18.4 Å². The van der Waals surface area contributed by atoms with Crippen LogP contribution in [0.1, 0.15) is 0 Å². The first kappa shape index (κ1) is 15.5.